The fourth-order valence-electron chi connectivity index (χ4n) is 4.23. The highest BCUT2D eigenvalue weighted by atomic mass is 32.2. The maximum atomic E-state index is 13.2. The number of fused-ring (bicyclic) bond motifs is 3. The van der Waals surface area contributed by atoms with Crippen LogP contribution in [0.2, 0.25) is 0 Å². The maximum Gasteiger partial charge on any atom is 0.256 e. The quantitative estimate of drug-likeness (QED) is 0.828. The number of aryl methyl sites for hydroxylation is 1. The molecule has 2 aliphatic heterocycles. The van der Waals surface area contributed by atoms with E-state index < -0.39 is 6.04 Å². The predicted molar refractivity (Wildman–Crippen MR) is 113 cm³/mol. The van der Waals surface area contributed by atoms with Gasteiger partial charge in [-0.25, -0.2) is 0 Å². The van der Waals surface area contributed by atoms with Gasteiger partial charge in [0.05, 0.1) is 0 Å². The van der Waals surface area contributed by atoms with Crippen LogP contribution in [0.1, 0.15) is 54.1 Å². The minimum absolute atomic E-state index is 0.0317. The fourth-order valence-corrected chi connectivity index (χ4v) is 5.81. The Hall–Kier alpha value is -2.27. The van der Waals surface area contributed by atoms with Crippen LogP contribution < -0.4 is 5.32 Å². The van der Waals surface area contributed by atoms with E-state index in [0.29, 0.717) is 0 Å². The van der Waals surface area contributed by atoms with Gasteiger partial charge in [0, 0.05) is 16.4 Å². The SMILES string of the molecule is C[C@H](CCc1ccccc1)NC(=O)[C@H]1N2C(=O)c3ccccc3[C@@H]2SC1(C)C. The molecule has 28 heavy (non-hydrogen) atoms. The van der Waals surface area contributed by atoms with Gasteiger partial charge in [-0.2, -0.15) is 0 Å². The number of benzene rings is 2. The van der Waals surface area contributed by atoms with Crippen molar-refractivity contribution in [1.82, 2.24) is 10.2 Å². The Balaban J connectivity index is 1.47. The van der Waals surface area contributed by atoms with E-state index in [1.54, 1.807) is 16.7 Å². The predicted octanol–water partition coefficient (Wildman–Crippen LogP) is 4.17. The van der Waals surface area contributed by atoms with Gasteiger partial charge in [0.1, 0.15) is 11.4 Å². The van der Waals surface area contributed by atoms with Crippen molar-refractivity contribution in [3.05, 3.63) is 71.3 Å². The maximum absolute atomic E-state index is 13.2. The molecule has 2 heterocycles. The third-order valence-electron chi connectivity index (χ3n) is 5.64. The van der Waals surface area contributed by atoms with Gasteiger partial charge < -0.3 is 10.2 Å². The molecule has 2 aromatic rings. The lowest BCUT2D eigenvalue weighted by Gasteiger charge is -2.30. The first-order chi connectivity index (χ1) is 13.4. The Bertz CT molecular complexity index is 896. The summed E-state index contributed by atoms with van der Waals surface area (Å²) in [5.41, 5.74) is 3.02. The number of rotatable bonds is 5. The standard InChI is InChI=1S/C23H26N2O2S/c1-15(13-14-16-9-5-4-6-10-16)24-20(26)19-23(2,3)28-22-18-12-8-7-11-17(18)21(27)25(19)22/h4-12,15,19,22H,13-14H2,1-3H3,(H,24,26)/t15-,19-,22+/m1/s1. The summed E-state index contributed by atoms with van der Waals surface area (Å²) in [6, 6.07) is 17.6. The summed E-state index contributed by atoms with van der Waals surface area (Å²) in [4.78, 5) is 28.0. The first-order valence-electron chi connectivity index (χ1n) is 9.82. The molecule has 1 N–H and O–H groups in total. The number of amides is 2. The van der Waals surface area contributed by atoms with Crippen molar-refractivity contribution >= 4 is 23.6 Å². The molecule has 0 saturated carbocycles. The topological polar surface area (TPSA) is 49.4 Å². The molecule has 146 valence electrons. The summed E-state index contributed by atoms with van der Waals surface area (Å²) in [6.07, 6.45) is 1.79. The van der Waals surface area contributed by atoms with Crippen LogP contribution in [0.4, 0.5) is 0 Å². The fraction of sp³-hybridized carbons (Fsp3) is 0.391. The normalized spacial score (nSPS) is 23.2. The molecule has 4 nitrogen and oxygen atoms in total. The van der Waals surface area contributed by atoms with Gasteiger partial charge in [0.25, 0.3) is 5.91 Å². The highest BCUT2D eigenvalue weighted by molar-refractivity contribution is 8.01. The molecule has 0 spiro atoms. The third kappa shape index (κ3) is 3.32. The van der Waals surface area contributed by atoms with Crippen LogP contribution in [-0.2, 0) is 11.2 Å². The van der Waals surface area contributed by atoms with Gasteiger partial charge in [0.2, 0.25) is 5.91 Å². The van der Waals surface area contributed by atoms with Gasteiger partial charge in [-0.15, -0.1) is 11.8 Å². The smallest absolute Gasteiger partial charge is 0.256 e. The van der Waals surface area contributed by atoms with Gasteiger partial charge in [-0.1, -0.05) is 48.5 Å². The molecule has 0 bridgehead atoms. The van der Waals surface area contributed by atoms with Crippen LogP contribution in [0.5, 0.6) is 0 Å². The van der Waals surface area contributed by atoms with Crippen LogP contribution in [0, 0.1) is 0 Å². The Morgan fingerprint density at radius 2 is 1.82 bits per heavy atom. The summed E-state index contributed by atoms with van der Waals surface area (Å²) in [5.74, 6) is -0.0857. The largest absolute Gasteiger partial charge is 0.352 e. The number of nitrogens with one attached hydrogen (secondary N) is 1. The van der Waals surface area contributed by atoms with Crippen molar-refractivity contribution in [1.29, 1.82) is 0 Å². The van der Waals surface area contributed by atoms with Crippen LogP contribution in [0.25, 0.3) is 0 Å². The van der Waals surface area contributed by atoms with E-state index >= 15 is 0 Å². The zero-order chi connectivity index (χ0) is 19.9. The lowest BCUT2D eigenvalue weighted by molar-refractivity contribution is -0.126. The molecule has 3 atom stereocenters. The third-order valence-corrected chi connectivity index (χ3v) is 7.18. The van der Waals surface area contributed by atoms with Crippen LogP contribution in [-0.4, -0.2) is 33.5 Å². The molecule has 1 fully saturated rings. The molecule has 0 radical (unpaired) electrons. The molecule has 2 amide bonds. The molecule has 2 aliphatic rings. The first-order valence-corrected chi connectivity index (χ1v) is 10.7. The summed E-state index contributed by atoms with van der Waals surface area (Å²) in [5, 5.41) is 3.09. The molecule has 0 aliphatic carbocycles. The minimum atomic E-state index is -0.471. The van der Waals surface area contributed by atoms with Crippen molar-refractivity contribution in [2.24, 2.45) is 0 Å². The average Bonchev–Trinajstić information content (AvgIpc) is 3.11. The van der Waals surface area contributed by atoms with Crippen molar-refractivity contribution in [2.45, 2.75) is 55.8 Å². The number of carbonyl (C=O) groups excluding carboxylic acids is 2. The second kappa shape index (κ2) is 7.28. The molecule has 4 rings (SSSR count). The minimum Gasteiger partial charge on any atom is -0.352 e. The molecular weight excluding hydrogens is 368 g/mol. The summed E-state index contributed by atoms with van der Waals surface area (Å²) in [7, 11) is 0. The highest BCUT2D eigenvalue weighted by Crippen LogP contribution is 2.56. The van der Waals surface area contributed by atoms with Crippen LogP contribution >= 0.6 is 11.8 Å². The van der Waals surface area contributed by atoms with Gasteiger partial charge >= 0.3 is 0 Å². The number of carbonyl (C=O) groups is 2. The second-order valence-corrected chi connectivity index (χ2v) is 9.94. The number of thioether (sulfide) groups is 1. The van der Waals surface area contributed by atoms with E-state index in [1.165, 1.54) is 5.56 Å². The molecule has 1 saturated heterocycles. The number of nitrogens with zero attached hydrogens (tertiary/aromatic N) is 1. The highest BCUT2D eigenvalue weighted by Gasteiger charge is 2.57. The van der Waals surface area contributed by atoms with Crippen LogP contribution in [0.3, 0.4) is 0 Å². The van der Waals surface area contributed by atoms with E-state index in [1.807, 2.05) is 49.4 Å². The Labute approximate surface area is 170 Å². The Kier molecular flexibility index (Phi) is 4.96. The van der Waals surface area contributed by atoms with Crippen molar-refractivity contribution in [3.8, 4) is 0 Å². The first kappa shape index (κ1) is 19.1. The van der Waals surface area contributed by atoms with E-state index in [4.69, 9.17) is 0 Å². The average molecular weight is 395 g/mol. The molecule has 5 heteroatoms. The summed E-state index contributed by atoms with van der Waals surface area (Å²) >= 11 is 1.70. The van der Waals surface area contributed by atoms with Crippen molar-refractivity contribution in [2.75, 3.05) is 0 Å². The van der Waals surface area contributed by atoms with Gasteiger partial charge in [-0.05, 0) is 50.8 Å². The van der Waals surface area contributed by atoms with Crippen molar-refractivity contribution < 1.29 is 9.59 Å². The Morgan fingerprint density at radius 3 is 2.57 bits per heavy atom. The zero-order valence-electron chi connectivity index (χ0n) is 16.5. The molecule has 0 aromatic heterocycles. The van der Waals surface area contributed by atoms with E-state index in [2.05, 4.69) is 31.3 Å². The summed E-state index contributed by atoms with van der Waals surface area (Å²) < 4.78 is -0.336. The number of hydrogen-bond donors (Lipinski definition) is 1. The molecule has 2 aromatic carbocycles. The lowest BCUT2D eigenvalue weighted by atomic mass is 9.99. The molecular formula is C23H26N2O2S. The second-order valence-electron chi connectivity index (χ2n) is 8.21. The monoisotopic (exact) mass is 394 g/mol. The number of hydrogen-bond acceptors (Lipinski definition) is 3. The van der Waals surface area contributed by atoms with E-state index in [-0.39, 0.29) is 28.0 Å². The lowest BCUT2D eigenvalue weighted by Crippen LogP contribution is -2.54. The van der Waals surface area contributed by atoms with Crippen molar-refractivity contribution in [3.63, 3.8) is 0 Å². The summed E-state index contributed by atoms with van der Waals surface area (Å²) in [6.45, 7) is 6.16. The van der Waals surface area contributed by atoms with Crippen LogP contribution in [0.15, 0.2) is 54.6 Å². The van der Waals surface area contributed by atoms with E-state index in [0.717, 1.165) is 24.0 Å². The zero-order valence-corrected chi connectivity index (χ0v) is 17.3. The molecule has 0 unspecified atom stereocenters. The van der Waals surface area contributed by atoms with Gasteiger partial charge in [0.15, 0.2) is 0 Å². The van der Waals surface area contributed by atoms with Gasteiger partial charge in [-0.3, -0.25) is 9.59 Å². The van der Waals surface area contributed by atoms with E-state index in [9.17, 15) is 9.59 Å². The Morgan fingerprint density at radius 1 is 1.14 bits per heavy atom.